The van der Waals surface area contributed by atoms with Gasteiger partial charge < -0.3 is 21.7 Å². The molecule has 0 saturated carbocycles. The minimum atomic E-state index is -0.863. The van der Waals surface area contributed by atoms with Gasteiger partial charge in [0.05, 0.1) is 0 Å². The van der Waals surface area contributed by atoms with Crippen molar-refractivity contribution in [1.82, 2.24) is 0 Å². The highest BCUT2D eigenvalue weighted by atomic mass is 16.2. The maximum Gasteiger partial charge on any atom is 0.314 e. The number of carbonyl (C=O) groups is 4. The number of rotatable bonds is 4. The van der Waals surface area contributed by atoms with E-state index in [1.54, 1.807) is 24.3 Å². The van der Waals surface area contributed by atoms with Crippen LogP contribution in [0.3, 0.4) is 0 Å². The van der Waals surface area contributed by atoms with Gasteiger partial charge in [-0.05, 0) is 48.5 Å². The van der Waals surface area contributed by atoms with Crippen LogP contribution in [0.15, 0.2) is 48.5 Å². The van der Waals surface area contributed by atoms with Gasteiger partial charge in [0.25, 0.3) is 0 Å². The summed E-state index contributed by atoms with van der Waals surface area (Å²) in [6.07, 6.45) is 0. The van der Waals surface area contributed by atoms with Gasteiger partial charge in [0.1, 0.15) is 0 Å². The van der Waals surface area contributed by atoms with Crippen LogP contribution in [0.25, 0.3) is 0 Å². The van der Waals surface area contributed by atoms with Crippen molar-refractivity contribution in [1.29, 1.82) is 0 Å². The molecule has 8 heteroatoms. The zero-order valence-corrected chi connectivity index (χ0v) is 13.3. The normalized spacial score (nSPS) is 9.80. The summed E-state index contributed by atoms with van der Waals surface area (Å²) in [6.45, 7) is 1.38. The molecule has 8 nitrogen and oxygen atoms in total. The molecular weight excluding hydrogens is 324 g/mol. The first kappa shape index (κ1) is 17.7. The number of primary amides is 1. The van der Waals surface area contributed by atoms with Gasteiger partial charge >= 0.3 is 11.8 Å². The van der Waals surface area contributed by atoms with Crippen LogP contribution in [0.5, 0.6) is 0 Å². The largest absolute Gasteiger partial charge is 0.366 e. The molecule has 128 valence electrons. The molecule has 0 heterocycles. The lowest BCUT2D eigenvalue weighted by Crippen LogP contribution is -2.29. The average molecular weight is 340 g/mol. The van der Waals surface area contributed by atoms with E-state index in [-0.39, 0.29) is 5.91 Å². The second kappa shape index (κ2) is 7.73. The molecule has 0 fully saturated rings. The van der Waals surface area contributed by atoms with Crippen molar-refractivity contribution >= 4 is 40.7 Å². The molecule has 5 N–H and O–H groups in total. The minimum absolute atomic E-state index is 0.210. The molecule has 0 aliphatic heterocycles. The summed E-state index contributed by atoms with van der Waals surface area (Å²) >= 11 is 0. The van der Waals surface area contributed by atoms with Crippen LogP contribution in [0.2, 0.25) is 0 Å². The van der Waals surface area contributed by atoms with E-state index in [0.29, 0.717) is 22.6 Å². The van der Waals surface area contributed by atoms with Gasteiger partial charge in [-0.25, -0.2) is 0 Å². The molecule has 0 unspecified atom stereocenters. The van der Waals surface area contributed by atoms with E-state index in [0.717, 1.165) is 0 Å². The van der Waals surface area contributed by atoms with Crippen molar-refractivity contribution in [3.8, 4) is 0 Å². The smallest absolute Gasteiger partial charge is 0.314 e. The van der Waals surface area contributed by atoms with E-state index in [9.17, 15) is 19.2 Å². The van der Waals surface area contributed by atoms with E-state index in [2.05, 4.69) is 16.0 Å². The van der Waals surface area contributed by atoms with Crippen LogP contribution in [0.1, 0.15) is 17.3 Å². The first-order valence-electron chi connectivity index (χ1n) is 7.25. The standard InChI is InChI=1S/C17H16N4O4/c1-10(22)19-12-6-8-14(9-7-12)21-17(25)16(24)20-13-4-2-11(3-5-13)15(18)23/h2-9H,1H3,(H2,18,23)(H,19,22)(H,20,24)(H,21,25). The topological polar surface area (TPSA) is 130 Å². The summed E-state index contributed by atoms with van der Waals surface area (Å²) in [5.74, 6) is -2.51. The van der Waals surface area contributed by atoms with Crippen LogP contribution in [-0.4, -0.2) is 23.6 Å². The van der Waals surface area contributed by atoms with Gasteiger partial charge in [-0.2, -0.15) is 0 Å². The Morgan fingerprint density at radius 2 is 1.04 bits per heavy atom. The number of nitrogens with two attached hydrogens (primary N) is 1. The quantitative estimate of drug-likeness (QED) is 0.625. The Morgan fingerprint density at radius 1 is 0.680 bits per heavy atom. The van der Waals surface area contributed by atoms with Crippen LogP contribution in [0.4, 0.5) is 17.1 Å². The van der Waals surface area contributed by atoms with Crippen LogP contribution in [0, 0.1) is 0 Å². The first-order chi connectivity index (χ1) is 11.8. The molecule has 4 amide bonds. The summed E-state index contributed by atoms with van der Waals surface area (Å²) in [6, 6.07) is 12.1. The number of nitrogens with one attached hydrogen (secondary N) is 3. The van der Waals surface area contributed by atoms with E-state index in [1.807, 2.05) is 0 Å². The Hall–Kier alpha value is -3.68. The summed E-state index contributed by atoms with van der Waals surface area (Å²) in [5.41, 5.74) is 6.74. The number of benzene rings is 2. The molecular formula is C17H16N4O4. The Bertz CT molecular complexity index is 814. The van der Waals surface area contributed by atoms with Gasteiger partial charge in [0, 0.05) is 29.5 Å². The third-order valence-electron chi connectivity index (χ3n) is 3.10. The zero-order valence-electron chi connectivity index (χ0n) is 13.3. The van der Waals surface area contributed by atoms with Crippen molar-refractivity contribution in [2.24, 2.45) is 5.73 Å². The van der Waals surface area contributed by atoms with Gasteiger partial charge in [-0.15, -0.1) is 0 Å². The zero-order chi connectivity index (χ0) is 18.4. The highest BCUT2D eigenvalue weighted by Crippen LogP contribution is 2.14. The fourth-order valence-corrected chi connectivity index (χ4v) is 1.93. The summed E-state index contributed by atoms with van der Waals surface area (Å²) in [5, 5.41) is 7.43. The second-order valence-electron chi connectivity index (χ2n) is 5.11. The lowest BCUT2D eigenvalue weighted by atomic mass is 10.2. The van der Waals surface area contributed by atoms with Crippen LogP contribution < -0.4 is 21.7 Å². The third kappa shape index (κ3) is 5.17. The first-order valence-corrected chi connectivity index (χ1v) is 7.25. The van der Waals surface area contributed by atoms with Crippen LogP contribution in [-0.2, 0) is 14.4 Å². The molecule has 2 rings (SSSR count). The van der Waals surface area contributed by atoms with Gasteiger partial charge in [0.2, 0.25) is 11.8 Å². The molecule has 2 aromatic carbocycles. The molecule has 0 atom stereocenters. The summed E-state index contributed by atoms with van der Waals surface area (Å²) < 4.78 is 0. The van der Waals surface area contributed by atoms with Crippen molar-refractivity contribution in [2.75, 3.05) is 16.0 Å². The predicted molar refractivity (Wildman–Crippen MR) is 93.0 cm³/mol. The number of anilines is 3. The number of hydrogen-bond donors (Lipinski definition) is 4. The number of carbonyl (C=O) groups excluding carboxylic acids is 4. The van der Waals surface area contributed by atoms with Crippen molar-refractivity contribution in [3.05, 3.63) is 54.1 Å². The molecule has 0 spiro atoms. The molecule has 0 aromatic heterocycles. The van der Waals surface area contributed by atoms with Crippen LogP contribution >= 0.6 is 0 Å². The van der Waals surface area contributed by atoms with E-state index >= 15 is 0 Å². The SMILES string of the molecule is CC(=O)Nc1ccc(NC(=O)C(=O)Nc2ccc(C(N)=O)cc2)cc1. The molecule has 2 aromatic rings. The maximum atomic E-state index is 11.9. The molecule has 0 aliphatic rings. The van der Waals surface area contributed by atoms with E-state index < -0.39 is 17.7 Å². The third-order valence-corrected chi connectivity index (χ3v) is 3.10. The van der Waals surface area contributed by atoms with E-state index in [4.69, 9.17) is 5.73 Å². The molecule has 0 saturated heterocycles. The Morgan fingerprint density at radius 3 is 1.40 bits per heavy atom. The van der Waals surface area contributed by atoms with Crippen molar-refractivity contribution in [3.63, 3.8) is 0 Å². The molecule has 0 bridgehead atoms. The Kier molecular flexibility index (Phi) is 5.47. The average Bonchev–Trinajstić information content (AvgIpc) is 2.56. The van der Waals surface area contributed by atoms with Crippen molar-refractivity contribution < 1.29 is 19.2 Å². The van der Waals surface area contributed by atoms with Gasteiger partial charge in [-0.3, -0.25) is 19.2 Å². The second-order valence-corrected chi connectivity index (χ2v) is 5.11. The molecule has 25 heavy (non-hydrogen) atoms. The fourth-order valence-electron chi connectivity index (χ4n) is 1.93. The maximum absolute atomic E-state index is 11.9. The Labute approximate surface area is 143 Å². The predicted octanol–water partition coefficient (Wildman–Crippen LogP) is 1.32. The monoisotopic (exact) mass is 340 g/mol. The van der Waals surface area contributed by atoms with Gasteiger partial charge in [-0.1, -0.05) is 0 Å². The summed E-state index contributed by atoms with van der Waals surface area (Å²) in [4.78, 5) is 45.7. The van der Waals surface area contributed by atoms with Crippen molar-refractivity contribution in [2.45, 2.75) is 6.92 Å². The lowest BCUT2D eigenvalue weighted by molar-refractivity contribution is -0.132. The summed E-state index contributed by atoms with van der Waals surface area (Å²) in [7, 11) is 0. The number of amides is 4. The van der Waals surface area contributed by atoms with Gasteiger partial charge in [0.15, 0.2) is 0 Å². The number of hydrogen-bond acceptors (Lipinski definition) is 4. The van der Waals surface area contributed by atoms with E-state index in [1.165, 1.54) is 31.2 Å². The highest BCUT2D eigenvalue weighted by molar-refractivity contribution is 6.43. The Balaban J connectivity index is 1.94. The lowest BCUT2D eigenvalue weighted by Gasteiger charge is -2.08. The molecule has 0 aliphatic carbocycles. The minimum Gasteiger partial charge on any atom is -0.366 e. The highest BCUT2D eigenvalue weighted by Gasteiger charge is 2.14. The fraction of sp³-hybridized carbons (Fsp3) is 0.0588. The molecule has 0 radical (unpaired) electrons.